The Kier molecular flexibility index (Phi) is 8.76. The lowest BCUT2D eigenvalue weighted by Crippen LogP contribution is -2.47. The number of nitriles is 1. The van der Waals surface area contributed by atoms with E-state index in [9.17, 15) is 19.2 Å². The number of nitrogens with zero attached hydrogens (tertiary/aromatic N) is 11. The Morgan fingerprint density at radius 2 is 1.81 bits per heavy atom. The van der Waals surface area contributed by atoms with Crippen molar-refractivity contribution in [2.24, 2.45) is 5.92 Å². The maximum atomic E-state index is 15.3. The second kappa shape index (κ2) is 13.8. The molecule has 18 heteroatoms. The van der Waals surface area contributed by atoms with E-state index in [1.807, 2.05) is 22.5 Å². The Labute approximate surface area is 323 Å². The number of likely N-dealkylation sites (N-methyl/N-ethyl adjacent to an activating group) is 1. The number of anilines is 3. The monoisotopic (exact) mass is 776 g/mol. The van der Waals surface area contributed by atoms with E-state index >= 15 is 8.78 Å². The quantitative estimate of drug-likeness (QED) is 0.271. The number of halogens is 3. The second-order valence-corrected chi connectivity index (χ2v) is 14.6. The van der Waals surface area contributed by atoms with Crippen molar-refractivity contribution in [2.75, 3.05) is 48.9 Å². The van der Waals surface area contributed by atoms with Crippen molar-refractivity contribution in [2.45, 2.75) is 44.5 Å². The van der Waals surface area contributed by atoms with Gasteiger partial charge in [-0.1, -0.05) is 6.07 Å². The first-order valence-electron chi connectivity index (χ1n) is 18.4. The van der Waals surface area contributed by atoms with Gasteiger partial charge in [0, 0.05) is 64.0 Å². The number of fused-ring (bicyclic) bond motifs is 6. The molecular weight excluding hydrogens is 742 g/mol. The van der Waals surface area contributed by atoms with E-state index in [-0.39, 0.29) is 67.0 Å². The van der Waals surface area contributed by atoms with Crippen LogP contribution in [-0.2, 0) is 20.9 Å². The number of benzene rings is 2. The van der Waals surface area contributed by atoms with Crippen molar-refractivity contribution in [3.8, 4) is 23.0 Å². The average Bonchev–Trinajstić information content (AvgIpc) is 3.97. The first-order chi connectivity index (χ1) is 27.5. The molecule has 4 aromatic heterocycles. The predicted octanol–water partition coefficient (Wildman–Crippen LogP) is 4.38. The van der Waals surface area contributed by atoms with E-state index in [1.54, 1.807) is 31.2 Å². The molecule has 0 radical (unpaired) electrons. The SMILES string of the molecule is CO[C@H]1CN(C)C(=O)[C@@H]2C[C@@H](CN2c2nc(N3CC(C#N)CC3=O)nc3c2cnn3-c2ccc(F)cc2F)Nc2cccc(n2)-c2cc(F)cc3nc(C)n(c23)C1. The molecular formula is C39H35F3N12O3. The summed E-state index contributed by atoms with van der Waals surface area (Å²) in [6.07, 6.45) is 1.20. The summed E-state index contributed by atoms with van der Waals surface area (Å²) in [4.78, 5) is 51.7. The molecule has 4 atom stereocenters. The molecule has 57 heavy (non-hydrogen) atoms. The molecule has 0 saturated carbocycles. The summed E-state index contributed by atoms with van der Waals surface area (Å²) in [7, 11) is 3.26. The molecule has 3 aliphatic heterocycles. The van der Waals surface area contributed by atoms with E-state index < -0.39 is 35.5 Å². The van der Waals surface area contributed by atoms with Crippen LogP contribution in [0.5, 0.6) is 0 Å². The average molecular weight is 777 g/mol. The van der Waals surface area contributed by atoms with Crippen LogP contribution in [-0.4, -0.2) is 103 Å². The minimum atomic E-state index is -0.892. The Morgan fingerprint density at radius 1 is 0.965 bits per heavy atom. The minimum absolute atomic E-state index is 0.0325. The third kappa shape index (κ3) is 6.23. The molecule has 2 fully saturated rings. The van der Waals surface area contributed by atoms with Crippen molar-refractivity contribution in [1.82, 2.24) is 39.2 Å². The summed E-state index contributed by atoms with van der Waals surface area (Å²) in [5.41, 5.74) is 2.24. The van der Waals surface area contributed by atoms with Gasteiger partial charge in [0.25, 0.3) is 0 Å². The van der Waals surface area contributed by atoms with E-state index in [0.717, 1.165) is 12.1 Å². The third-order valence-electron chi connectivity index (χ3n) is 10.9. The minimum Gasteiger partial charge on any atom is -0.378 e. The summed E-state index contributed by atoms with van der Waals surface area (Å²) in [5.74, 6) is -2.02. The fourth-order valence-electron chi connectivity index (χ4n) is 8.15. The maximum Gasteiger partial charge on any atom is 0.245 e. The van der Waals surface area contributed by atoms with Crippen LogP contribution >= 0.6 is 0 Å². The smallest absolute Gasteiger partial charge is 0.245 e. The molecule has 15 nitrogen and oxygen atoms in total. The molecule has 9 rings (SSSR count). The zero-order valence-corrected chi connectivity index (χ0v) is 31.0. The molecule has 0 spiro atoms. The van der Waals surface area contributed by atoms with Crippen LogP contribution in [0, 0.1) is 41.6 Å². The van der Waals surface area contributed by atoms with Gasteiger partial charge in [-0.2, -0.15) is 20.3 Å². The zero-order chi connectivity index (χ0) is 39.7. The summed E-state index contributed by atoms with van der Waals surface area (Å²) in [5, 5.41) is 17.9. The van der Waals surface area contributed by atoms with E-state index in [0.29, 0.717) is 52.3 Å². The molecule has 0 aliphatic carbocycles. The van der Waals surface area contributed by atoms with Gasteiger partial charge in [0.15, 0.2) is 11.5 Å². The molecule has 2 amide bonds. The molecule has 3 aliphatic rings. The van der Waals surface area contributed by atoms with Gasteiger partial charge in [-0.15, -0.1) is 0 Å². The van der Waals surface area contributed by atoms with E-state index in [2.05, 4.69) is 26.5 Å². The van der Waals surface area contributed by atoms with Gasteiger partial charge in [-0.05, 0) is 43.7 Å². The van der Waals surface area contributed by atoms with Crippen LogP contribution in [0.15, 0.2) is 54.7 Å². The summed E-state index contributed by atoms with van der Waals surface area (Å²) in [6.45, 7) is 2.57. The van der Waals surface area contributed by atoms with Gasteiger partial charge in [-0.25, -0.2) is 27.8 Å². The highest BCUT2D eigenvalue weighted by atomic mass is 19.1. The van der Waals surface area contributed by atoms with Crippen molar-refractivity contribution in [3.63, 3.8) is 0 Å². The number of aromatic nitrogens is 7. The normalized spacial score (nSPS) is 21.2. The Hall–Kier alpha value is -6.61. The molecule has 1 N–H and O–H groups in total. The number of methoxy groups -OCH3 is 1. The second-order valence-electron chi connectivity index (χ2n) is 14.6. The molecule has 6 aromatic rings. The number of carbonyl (C=O) groups excluding carboxylic acids is 2. The lowest BCUT2D eigenvalue weighted by Gasteiger charge is -2.31. The number of ether oxygens (including phenoxy) is 1. The molecule has 290 valence electrons. The number of hydrogen-bond acceptors (Lipinski definition) is 11. The number of aryl methyl sites for hydroxylation is 1. The lowest BCUT2D eigenvalue weighted by molar-refractivity contribution is -0.132. The highest BCUT2D eigenvalue weighted by Crippen LogP contribution is 2.37. The van der Waals surface area contributed by atoms with Crippen LogP contribution in [0.4, 0.5) is 30.8 Å². The topological polar surface area (TPSA) is 163 Å². The lowest BCUT2D eigenvalue weighted by atomic mass is 10.1. The molecule has 7 heterocycles. The van der Waals surface area contributed by atoms with E-state index in [1.165, 1.54) is 34.0 Å². The number of amides is 2. The number of hydrogen-bond donors (Lipinski definition) is 1. The number of pyridine rings is 1. The summed E-state index contributed by atoms with van der Waals surface area (Å²) < 4.78 is 53.4. The predicted molar refractivity (Wildman–Crippen MR) is 202 cm³/mol. The van der Waals surface area contributed by atoms with Gasteiger partial charge >= 0.3 is 0 Å². The van der Waals surface area contributed by atoms with Crippen molar-refractivity contribution >= 4 is 51.5 Å². The molecule has 1 unspecified atom stereocenters. The highest BCUT2D eigenvalue weighted by molar-refractivity contribution is 5.98. The largest absolute Gasteiger partial charge is 0.378 e. The number of imidazole rings is 1. The van der Waals surface area contributed by atoms with Gasteiger partial charge in [0.2, 0.25) is 17.8 Å². The van der Waals surface area contributed by atoms with Gasteiger partial charge in [0.05, 0.1) is 52.9 Å². The number of carbonyl (C=O) groups is 2. The van der Waals surface area contributed by atoms with Crippen molar-refractivity contribution in [3.05, 3.63) is 78.0 Å². The Bertz CT molecular complexity index is 2660. The van der Waals surface area contributed by atoms with Gasteiger partial charge < -0.3 is 24.4 Å². The maximum absolute atomic E-state index is 15.3. The highest BCUT2D eigenvalue weighted by Gasteiger charge is 2.42. The number of nitrogens with one attached hydrogen (secondary N) is 1. The fraction of sp³-hybridized carbons (Fsp3) is 0.333. The Morgan fingerprint density at radius 3 is 2.58 bits per heavy atom. The van der Waals surface area contributed by atoms with Crippen LogP contribution in [0.25, 0.3) is 39.0 Å². The van der Waals surface area contributed by atoms with Crippen molar-refractivity contribution < 1.29 is 27.5 Å². The van der Waals surface area contributed by atoms with Gasteiger partial charge in [0.1, 0.15) is 40.8 Å². The van der Waals surface area contributed by atoms with Crippen LogP contribution in [0.1, 0.15) is 18.7 Å². The van der Waals surface area contributed by atoms with Crippen molar-refractivity contribution in [1.29, 1.82) is 5.26 Å². The first kappa shape index (κ1) is 36.1. The van der Waals surface area contributed by atoms with Crippen LogP contribution < -0.4 is 15.1 Å². The van der Waals surface area contributed by atoms with E-state index in [4.69, 9.17) is 14.7 Å². The fourth-order valence-corrected chi connectivity index (χ4v) is 8.15. The Balaban J connectivity index is 1.19. The zero-order valence-electron chi connectivity index (χ0n) is 31.0. The summed E-state index contributed by atoms with van der Waals surface area (Å²) in [6, 6.07) is 12.2. The molecule has 2 saturated heterocycles. The molecule has 2 aromatic carbocycles. The van der Waals surface area contributed by atoms with Gasteiger partial charge in [-0.3, -0.25) is 14.5 Å². The third-order valence-corrected chi connectivity index (χ3v) is 10.9. The molecule has 4 bridgehead atoms. The van der Waals surface area contributed by atoms with Crippen LogP contribution in [0.2, 0.25) is 0 Å². The standard InChI is InChI=1S/C39H35F3N12O3/c1-20-45-30-12-23(41)10-26-29-5-4-6-33(47-29)46-24-13-32(38(56)50(2)18-25(57-3)19-51(20)35(26)30)52(17-24)36-27-15-44-54(31-8-7-22(40)11-28(31)42)37(27)49-39(48-36)53-16-21(14-43)9-34(53)55/h4-8,10-12,15,21,24-25,32H,9,13,16-19H2,1-3H3,(H,46,47)/t21?,24-,25-,32-/m0/s1. The number of rotatable bonds is 4. The van der Waals surface area contributed by atoms with Crippen LogP contribution in [0.3, 0.4) is 0 Å². The first-order valence-corrected chi connectivity index (χ1v) is 18.4. The summed E-state index contributed by atoms with van der Waals surface area (Å²) >= 11 is 0.